The van der Waals surface area contributed by atoms with E-state index in [1.165, 1.54) is 18.4 Å². The van der Waals surface area contributed by atoms with E-state index in [0.29, 0.717) is 31.9 Å². The third kappa shape index (κ3) is 6.40. The Bertz CT molecular complexity index is 1520. The van der Waals surface area contributed by atoms with E-state index < -0.39 is 23.8 Å². The van der Waals surface area contributed by atoms with Crippen LogP contribution in [0.1, 0.15) is 57.0 Å². The summed E-state index contributed by atoms with van der Waals surface area (Å²) in [7, 11) is 1.43. The van der Waals surface area contributed by atoms with Gasteiger partial charge in [0.1, 0.15) is 5.00 Å². The van der Waals surface area contributed by atoms with Crippen molar-refractivity contribution in [2.45, 2.75) is 33.1 Å². The highest BCUT2D eigenvalue weighted by Crippen LogP contribution is 2.39. The molecule has 0 aliphatic heterocycles. The lowest BCUT2D eigenvalue weighted by Crippen LogP contribution is -2.33. The van der Waals surface area contributed by atoms with Gasteiger partial charge in [-0.2, -0.15) is 5.10 Å². The molecule has 2 amide bonds. The van der Waals surface area contributed by atoms with Gasteiger partial charge in [-0.15, -0.1) is 11.3 Å². The van der Waals surface area contributed by atoms with E-state index in [2.05, 4.69) is 31.8 Å². The number of amides is 2. The Morgan fingerprint density at radius 2 is 1.80 bits per heavy atom. The fourth-order valence-electron chi connectivity index (χ4n) is 4.08. The van der Waals surface area contributed by atoms with Crippen molar-refractivity contribution in [1.29, 1.82) is 0 Å². The van der Waals surface area contributed by atoms with E-state index in [9.17, 15) is 19.2 Å². The SMILES string of the molecule is CCOC(=O)c1c(NC(=O)C(=O)N/N=C(\C)c2ccc(OC(=O)c3ccccc3Br)c(OC)c2)sc2c1CCC2. The maximum atomic E-state index is 12.6. The van der Waals surface area contributed by atoms with Crippen molar-refractivity contribution in [3.05, 3.63) is 74.1 Å². The van der Waals surface area contributed by atoms with Crippen LogP contribution in [0.25, 0.3) is 0 Å². The molecule has 12 heteroatoms. The predicted octanol–water partition coefficient (Wildman–Crippen LogP) is 4.88. The van der Waals surface area contributed by atoms with Gasteiger partial charge in [0.05, 0.1) is 30.6 Å². The first-order valence-electron chi connectivity index (χ1n) is 12.4. The molecule has 2 N–H and O–H groups in total. The maximum Gasteiger partial charge on any atom is 0.344 e. The summed E-state index contributed by atoms with van der Waals surface area (Å²) >= 11 is 4.61. The maximum absolute atomic E-state index is 12.6. The van der Waals surface area contributed by atoms with Crippen molar-refractivity contribution < 1.29 is 33.4 Å². The van der Waals surface area contributed by atoms with Gasteiger partial charge in [-0.25, -0.2) is 15.0 Å². The zero-order valence-corrected chi connectivity index (χ0v) is 24.4. The number of methoxy groups -OCH3 is 1. The number of hydrazone groups is 1. The summed E-state index contributed by atoms with van der Waals surface area (Å²) in [6, 6.07) is 11.6. The average molecular weight is 629 g/mol. The molecular weight excluding hydrogens is 602 g/mol. The highest BCUT2D eigenvalue weighted by Gasteiger charge is 2.29. The van der Waals surface area contributed by atoms with Crippen molar-refractivity contribution in [3.8, 4) is 11.5 Å². The Hall–Kier alpha value is -4.03. The van der Waals surface area contributed by atoms with E-state index in [0.717, 1.165) is 29.7 Å². The normalized spacial score (nSPS) is 12.3. The minimum absolute atomic E-state index is 0.198. The van der Waals surface area contributed by atoms with Crippen LogP contribution in [0.5, 0.6) is 11.5 Å². The topological polar surface area (TPSA) is 132 Å². The highest BCUT2D eigenvalue weighted by molar-refractivity contribution is 9.10. The highest BCUT2D eigenvalue weighted by atomic mass is 79.9. The quantitative estimate of drug-likeness (QED) is 0.120. The van der Waals surface area contributed by atoms with Crippen LogP contribution in [0.15, 0.2) is 52.0 Å². The van der Waals surface area contributed by atoms with Crippen LogP contribution in [0.4, 0.5) is 5.00 Å². The molecule has 40 heavy (non-hydrogen) atoms. The Kier molecular flexibility index (Phi) is 9.33. The van der Waals surface area contributed by atoms with Crippen LogP contribution >= 0.6 is 27.3 Å². The van der Waals surface area contributed by atoms with Gasteiger partial charge < -0.3 is 19.5 Å². The van der Waals surface area contributed by atoms with Gasteiger partial charge >= 0.3 is 23.8 Å². The number of fused-ring (bicyclic) bond motifs is 1. The lowest BCUT2D eigenvalue weighted by Gasteiger charge is -2.12. The molecule has 4 rings (SSSR count). The second-order valence-electron chi connectivity index (χ2n) is 8.61. The number of hydrogen-bond acceptors (Lipinski definition) is 9. The zero-order chi connectivity index (χ0) is 28.8. The molecule has 1 aromatic heterocycles. The van der Waals surface area contributed by atoms with E-state index in [1.54, 1.807) is 56.3 Å². The number of carbonyl (C=O) groups is 4. The number of anilines is 1. The van der Waals surface area contributed by atoms with Crippen LogP contribution in [-0.2, 0) is 27.2 Å². The van der Waals surface area contributed by atoms with Crippen molar-refractivity contribution in [2.24, 2.45) is 5.10 Å². The Labute approximate surface area is 242 Å². The molecule has 3 aromatic rings. The third-order valence-electron chi connectivity index (χ3n) is 6.04. The molecule has 0 unspecified atom stereocenters. The predicted molar refractivity (Wildman–Crippen MR) is 153 cm³/mol. The van der Waals surface area contributed by atoms with E-state index in [1.807, 2.05) is 0 Å². The second kappa shape index (κ2) is 12.9. The number of thiophene rings is 1. The number of carbonyl (C=O) groups excluding carboxylic acids is 4. The molecule has 208 valence electrons. The summed E-state index contributed by atoms with van der Waals surface area (Å²) in [5.74, 6) is -2.59. The Morgan fingerprint density at radius 3 is 2.52 bits per heavy atom. The van der Waals surface area contributed by atoms with Gasteiger partial charge in [0.2, 0.25) is 0 Å². The van der Waals surface area contributed by atoms with Crippen molar-refractivity contribution >= 4 is 61.7 Å². The van der Waals surface area contributed by atoms with Crippen LogP contribution in [0, 0.1) is 0 Å². The van der Waals surface area contributed by atoms with E-state index in [-0.39, 0.29) is 18.1 Å². The van der Waals surface area contributed by atoms with Crippen molar-refractivity contribution in [2.75, 3.05) is 19.0 Å². The molecule has 1 aliphatic carbocycles. The van der Waals surface area contributed by atoms with Gasteiger partial charge in [0.25, 0.3) is 0 Å². The smallest absolute Gasteiger partial charge is 0.344 e. The first-order valence-corrected chi connectivity index (χ1v) is 14.0. The minimum Gasteiger partial charge on any atom is -0.493 e. The first-order chi connectivity index (χ1) is 19.2. The molecule has 10 nitrogen and oxygen atoms in total. The number of benzene rings is 2. The number of esters is 2. The molecular formula is C28H26BrN3O7S. The number of ether oxygens (including phenoxy) is 3. The molecule has 0 radical (unpaired) electrons. The molecule has 2 aromatic carbocycles. The zero-order valence-electron chi connectivity index (χ0n) is 22.0. The van der Waals surface area contributed by atoms with Crippen LogP contribution < -0.4 is 20.2 Å². The standard InChI is InChI=1S/C28H26BrN3O7S/c1-4-38-28(36)23-18-9-7-11-22(18)40-26(23)30-24(33)25(34)32-31-15(2)16-12-13-20(21(14-16)37-3)39-27(35)17-8-5-6-10-19(17)29/h5-6,8,10,12-14H,4,7,9,11H2,1-3H3,(H,30,33)(H,32,34)/b31-15+. The second-order valence-corrected chi connectivity index (χ2v) is 10.6. The molecule has 0 saturated heterocycles. The summed E-state index contributed by atoms with van der Waals surface area (Å²) in [4.78, 5) is 51.2. The van der Waals surface area contributed by atoms with Gasteiger partial charge in [-0.05, 0) is 84.9 Å². The van der Waals surface area contributed by atoms with Crippen LogP contribution in [0.3, 0.4) is 0 Å². The van der Waals surface area contributed by atoms with Crippen LogP contribution in [0.2, 0.25) is 0 Å². The fourth-order valence-corrected chi connectivity index (χ4v) is 5.80. The summed E-state index contributed by atoms with van der Waals surface area (Å²) in [5, 5.41) is 6.84. The number of aryl methyl sites for hydroxylation is 1. The monoisotopic (exact) mass is 627 g/mol. The number of nitrogens with one attached hydrogen (secondary N) is 2. The van der Waals surface area contributed by atoms with Crippen molar-refractivity contribution in [3.63, 3.8) is 0 Å². The summed E-state index contributed by atoms with van der Waals surface area (Å²) in [5.41, 5.74) is 4.69. The Balaban J connectivity index is 1.43. The molecule has 0 bridgehead atoms. The van der Waals surface area contributed by atoms with Crippen LogP contribution in [-0.4, -0.2) is 43.2 Å². The largest absolute Gasteiger partial charge is 0.493 e. The molecule has 1 aliphatic rings. The van der Waals surface area contributed by atoms with E-state index >= 15 is 0 Å². The van der Waals surface area contributed by atoms with Gasteiger partial charge in [-0.1, -0.05) is 12.1 Å². The number of nitrogens with zero attached hydrogens (tertiary/aromatic N) is 1. The number of halogens is 1. The lowest BCUT2D eigenvalue weighted by molar-refractivity contribution is -0.136. The third-order valence-corrected chi connectivity index (χ3v) is 7.94. The molecule has 0 fully saturated rings. The van der Waals surface area contributed by atoms with E-state index in [4.69, 9.17) is 14.2 Å². The molecule has 0 spiro atoms. The molecule has 1 heterocycles. The van der Waals surface area contributed by atoms with Gasteiger partial charge in [0.15, 0.2) is 11.5 Å². The first kappa shape index (κ1) is 29.0. The summed E-state index contributed by atoms with van der Waals surface area (Å²) in [6.07, 6.45) is 2.45. The van der Waals surface area contributed by atoms with Crippen molar-refractivity contribution in [1.82, 2.24) is 5.43 Å². The average Bonchev–Trinajstić information content (AvgIpc) is 3.52. The molecule has 0 saturated carbocycles. The molecule has 0 atom stereocenters. The minimum atomic E-state index is -1.01. The lowest BCUT2D eigenvalue weighted by atomic mass is 10.1. The summed E-state index contributed by atoms with van der Waals surface area (Å²) in [6.45, 7) is 3.53. The van der Waals surface area contributed by atoms with Gasteiger partial charge in [0, 0.05) is 14.9 Å². The summed E-state index contributed by atoms with van der Waals surface area (Å²) < 4.78 is 16.6. The Morgan fingerprint density at radius 1 is 1.02 bits per heavy atom. The van der Waals surface area contributed by atoms with Gasteiger partial charge in [-0.3, -0.25) is 9.59 Å². The number of rotatable bonds is 8. The number of hydrogen-bond donors (Lipinski definition) is 2. The fraction of sp³-hybridized carbons (Fsp3) is 0.250.